The summed E-state index contributed by atoms with van der Waals surface area (Å²) in [7, 11) is 0. The molecule has 54 valence electrons. The van der Waals surface area contributed by atoms with Gasteiger partial charge in [-0.05, 0) is 53.8 Å². The van der Waals surface area contributed by atoms with E-state index in [1.807, 2.05) is 0 Å². The first-order chi connectivity index (χ1) is 4.83. The topological polar surface area (TPSA) is 12.0 Å². The Morgan fingerprint density at radius 1 is 1.30 bits per heavy atom. The van der Waals surface area contributed by atoms with Crippen LogP contribution in [0.3, 0.4) is 0 Å². The lowest BCUT2D eigenvalue weighted by molar-refractivity contribution is 1.21. The predicted octanol–water partition coefficient (Wildman–Crippen LogP) is 2.72. The molecule has 1 N–H and O–H groups in total. The molecule has 0 aliphatic carbocycles. The molecule has 0 atom stereocenters. The second kappa shape index (κ2) is 3.81. The first kappa shape index (κ1) is 7.85. The minimum Gasteiger partial charge on any atom is -0.385 e. The third kappa shape index (κ3) is 2.17. The van der Waals surface area contributed by atoms with Gasteiger partial charge in [-0.15, -0.1) is 0 Å². The Balaban J connectivity index is 2.69. The number of rotatable bonds is 2. The molecule has 1 aromatic carbocycles. The summed E-state index contributed by atoms with van der Waals surface area (Å²) in [6.07, 6.45) is 0. The Bertz CT molecular complexity index is 193. The van der Waals surface area contributed by atoms with E-state index in [4.69, 9.17) is 0 Å². The van der Waals surface area contributed by atoms with E-state index in [9.17, 15) is 0 Å². The third-order valence-corrected chi connectivity index (χ3v) is 1.94. The molecule has 0 amide bonds. The molecule has 0 bridgehead atoms. The van der Waals surface area contributed by atoms with E-state index in [-0.39, 0.29) is 0 Å². The summed E-state index contributed by atoms with van der Waals surface area (Å²) >= 11 is 2.30. The van der Waals surface area contributed by atoms with E-state index in [1.54, 1.807) is 0 Å². The summed E-state index contributed by atoms with van der Waals surface area (Å²) in [6.45, 7) is 3.08. The molecule has 0 aromatic heterocycles. The second-order valence-corrected chi connectivity index (χ2v) is 3.28. The zero-order chi connectivity index (χ0) is 7.40. The lowest BCUT2D eigenvalue weighted by Gasteiger charge is -2.00. The molecule has 2 heteroatoms. The van der Waals surface area contributed by atoms with Gasteiger partial charge in [-0.3, -0.25) is 0 Å². The van der Waals surface area contributed by atoms with Crippen LogP contribution in [0.4, 0.5) is 5.69 Å². The number of anilines is 1. The fraction of sp³-hybridized carbons (Fsp3) is 0.250. The van der Waals surface area contributed by atoms with Crippen LogP contribution >= 0.6 is 22.6 Å². The van der Waals surface area contributed by atoms with E-state index in [0.29, 0.717) is 0 Å². The van der Waals surface area contributed by atoms with Crippen LogP contribution in [0.2, 0.25) is 0 Å². The Kier molecular flexibility index (Phi) is 2.99. The Morgan fingerprint density at radius 2 is 1.90 bits per heavy atom. The molecular weight excluding hydrogens is 237 g/mol. The second-order valence-electron chi connectivity index (χ2n) is 2.04. The number of hydrogen-bond donors (Lipinski definition) is 1. The number of nitrogens with one attached hydrogen (secondary N) is 1. The highest BCUT2D eigenvalue weighted by atomic mass is 127. The standard InChI is InChI=1S/C8H10IN/c1-2-10-8-5-3-7(9)4-6-8/h3-6,10H,2H2,1H3. The largest absolute Gasteiger partial charge is 0.385 e. The van der Waals surface area contributed by atoms with Gasteiger partial charge in [0, 0.05) is 15.8 Å². The van der Waals surface area contributed by atoms with Crippen molar-refractivity contribution in [2.75, 3.05) is 11.9 Å². The molecular formula is C8H10IN. The highest BCUT2D eigenvalue weighted by molar-refractivity contribution is 14.1. The molecule has 0 saturated heterocycles. The smallest absolute Gasteiger partial charge is 0.0340 e. The molecule has 1 nitrogen and oxygen atoms in total. The predicted molar refractivity (Wildman–Crippen MR) is 53.3 cm³/mol. The minimum absolute atomic E-state index is 0.987. The molecule has 1 rings (SSSR count). The minimum atomic E-state index is 0.987. The lowest BCUT2D eigenvalue weighted by Crippen LogP contribution is -1.95. The average molecular weight is 247 g/mol. The normalized spacial score (nSPS) is 9.40. The van der Waals surface area contributed by atoms with E-state index in [0.717, 1.165) is 6.54 Å². The highest BCUT2D eigenvalue weighted by Crippen LogP contribution is 2.10. The van der Waals surface area contributed by atoms with Crippen molar-refractivity contribution in [2.45, 2.75) is 6.92 Å². The lowest BCUT2D eigenvalue weighted by atomic mass is 10.3. The van der Waals surface area contributed by atoms with Crippen molar-refractivity contribution in [2.24, 2.45) is 0 Å². The molecule has 10 heavy (non-hydrogen) atoms. The maximum atomic E-state index is 3.23. The summed E-state index contributed by atoms with van der Waals surface area (Å²) in [6, 6.07) is 8.37. The van der Waals surface area contributed by atoms with Gasteiger partial charge in [-0.1, -0.05) is 0 Å². The van der Waals surface area contributed by atoms with Crippen LogP contribution in [-0.4, -0.2) is 6.54 Å². The fourth-order valence-corrected chi connectivity index (χ4v) is 1.13. The van der Waals surface area contributed by atoms with Crippen LogP contribution < -0.4 is 5.32 Å². The van der Waals surface area contributed by atoms with Gasteiger partial charge in [0.2, 0.25) is 0 Å². The van der Waals surface area contributed by atoms with Crippen LogP contribution in [-0.2, 0) is 0 Å². The first-order valence-corrected chi connectivity index (χ1v) is 4.40. The van der Waals surface area contributed by atoms with Crippen LogP contribution in [0.1, 0.15) is 6.92 Å². The van der Waals surface area contributed by atoms with Crippen LogP contribution in [0.5, 0.6) is 0 Å². The van der Waals surface area contributed by atoms with Crippen LogP contribution in [0, 0.1) is 3.57 Å². The Morgan fingerprint density at radius 3 is 2.40 bits per heavy atom. The SMILES string of the molecule is CCNc1ccc(I)cc1. The van der Waals surface area contributed by atoms with Gasteiger partial charge in [0.05, 0.1) is 0 Å². The Hall–Kier alpha value is -0.250. The fourth-order valence-electron chi connectivity index (χ4n) is 0.772. The van der Waals surface area contributed by atoms with E-state index >= 15 is 0 Å². The molecule has 0 fully saturated rings. The van der Waals surface area contributed by atoms with Crippen molar-refractivity contribution in [3.05, 3.63) is 27.8 Å². The van der Waals surface area contributed by atoms with Crippen LogP contribution in [0.25, 0.3) is 0 Å². The molecule has 0 heterocycles. The molecule has 0 aliphatic rings. The summed E-state index contributed by atoms with van der Waals surface area (Å²) in [5.74, 6) is 0. The van der Waals surface area contributed by atoms with Gasteiger partial charge >= 0.3 is 0 Å². The monoisotopic (exact) mass is 247 g/mol. The average Bonchev–Trinajstić information content (AvgIpc) is 1.95. The first-order valence-electron chi connectivity index (χ1n) is 3.32. The van der Waals surface area contributed by atoms with Gasteiger partial charge in [0.15, 0.2) is 0 Å². The van der Waals surface area contributed by atoms with E-state index < -0.39 is 0 Å². The number of halogens is 1. The van der Waals surface area contributed by atoms with Gasteiger partial charge in [-0.2, -0.15) is 0 Å². The van der Waals surface area contributed by atoms with Gasteiger partial charge < -0.3 is 5.32 Å². The zero-order valence-corrected chi connectivity index (χ0v) is 8.05. The molecule has 0 spiro atoms. The summed E-state index contributed by atoms with van der Waals surface area (Å²) in [5, 5.41) is 3.23. The number of hydrogen-bond acceptors (Lipinski definition) is 1. The molecule has 0 radical (unpaired) electrons. The van der Waals surface area contributed by atoms with Crippen molar-refractivity contribution >= 4 is 28.3 Å². The van der Waals surface area contributed by atoms with Gasteiger partial charge in [0.25, 0.3) is 0 Å². The van der Waals surface area contributed by atoms with Gasteiger partial charge in [0.1, 0.15) is 0 Å². The molecule has 0 saturated carbocycles. The van der Waals surface area contributed by atoms with Gasteiger partial charge in [-0.25, -0.2) is 0 Å². The summed E-state index contributed by atoms with van der Waals surface area (Å²) in [5.41, 5.74) is 1.20. The third-order valence-electron chi connectivity index (χ3n) is 1.23. The summed E-state index contributed by atoms with van der Waals surface area (Å²) < 4.78 is 1.28. The summed E-state index contributed by atoms with van der Waals surface area (Å²) in [4.78, 5) is 0. The van der Waals surface area contributed by atoms with Crippen molar-refractivity contribution in [3.8, 4) is 0 Å². The Labute approximate surface area is 75.0 Å². The maximum Gasteiger partial charge on any atom is 0.0340 e. The quantitative estimate of drug-likeness (QED) is 0.792. The maximum absolute atomic E-state index is 3.23. The molecule has 0 aliphatic heterocycles. The van der Waals surface area contributed by atoms with Crippen molar-refractivity contribution in [3.63, 3.8) is 0 Å². The van der Waals surface area contributed by atoms with Crippen molar-refractivity contribution < 1.29 is 0 Å². The van der Waals surface area contributed by atoms with Crippen LogP contribution in [0.15, 0.2) is 24.3 Å². The molecule has 0 unspecified atom stereocenters. The molecule has 1 aromatic rings. The number of benzene rings is 1. The van der Waals surface area contributed by atoms with E-state index in [2.05, 4.69) is 59.1 Å². The van der Waals surface area contributed by atoms with Crippen molar-refractivity contribution in [1.29, 1.82) is 0 Å². The van der Waals surface area contributed by atoms with E-state index in [1.165, 1.54) is 9.26 Å². The zero-order valence-electron chi connectivity index (χ0n) is 5.89. The highest BCUT2D eigenvalue weighted by Gasteiger charge is 1.87. The van der Waals surface area contributed by atoms with Crippen molar-refractivity contribution in [1.82, 2.24) is 0 Å².